The summed E-state index contributed by atoms with van der Waals surface area (Å²) in [6.07, 6.45) is 12.3. The van der Waals surface area contributed by atoms with Crippen LogP contribution in [0, 0.1) is 0 Å². The van der Waals surface area contributed by atoms with Gasteiger partial charge in [-0.15, -0.1) is 0 Å². The Hall–Kier alpha value is -6.01. The van der Waals surface area contributed by atoms with Crippen molar-refractivity contribution < 1.29 is 19.5 Å². The monoisotopic (exact) mass is 700 g/mol. The number of nitrogens with zero attached hydrogens (tertiary/aromatic N) is 2. The van der Waals surface area contributed by atoms with E-state index in [4.69, 9.17) is 10.8 Å². The molecule has 0 saturated carbocycles. The molecular weight excluding hydrogens is 656 g/mol. The number of aryl methyl sites for hydroxylation is 1. The number of fused-ring (bicyclic) bond motifs is 3. The van der Waals surface area contributed by atoms with E-state index in [2.05, 4.69) is 42.0 Å². The van der Waals surface area contributed by atoms with Crippen molar-refractivity contribution in [3.63, 3.8) is 0 Å². The Morgan fingerprint density at radius 1 is 0.962 bits per heavy atom. The van der Waals surface area contributed by atoms with Crippen LogP contribution in [0.3, 0.4) is 0 Å². The molecule has 2 amide bonds. The van der Waals surface area contributed by atoms with Crippen LogP contribution >= 0.6 is 0 Å². The Kier molecular flexibility index (Phi) is 11.6. The van der Waals surface area contributed by atoms with Crippen molar-refractivity contribution in [2.75, 3.05) is 5.32 Å². The number of aliphatic carboxylic acids is 1. The highest BCUT2D eigenvalue weighted by molar-refractivity contribution is 6.09. The van der Waals surface area contributed by atoms with Crippen molar-refractivity contribution in [2.45, 2.75) is 70.6 Å². The van der Waals surface area contributed by atoms with Gasteiger partial charge in [0.05, 0.1) is 18.3 Å². The maximum Gasteiger partial charge on any atom is 0.303 e. The van der Waals surface area contributed by atoms with Crippen LogP contribution in [0.1, 0.15) is 89.7 Å². The average Bonchev–Trinajstić information content (AvgIpc) is 3.83. The fourth-order valence-electron chi connectivity index (χ4n) is 6.68. The van der Waals surface area contributed by atoms with Crippen molar-refractivity contribution >= 4 is 45.1 Å². The zero-order chi connectivity index (χ0) is 36.5. The van der Waals surface area contributed by atoms with Gasteiger partial charge in [0.1, 0.15) is 11.9 Å². The molecular formula is C40H44N8O4. The number of unbranched alkanes of at least 4 members (excludes halogenated alkanes) is 1. The average molecular weight is 701 g/mol. The number of nitrogens with two attached hydrogens (primary N) is 1. The summed E-state index contributed by atoms with van der Waals surface area (Å²) in [6.45, 7) is 3.17. The van der Waals surface area contributed by atoms with E-state index < -0.39 is 17.9 Å². The second kappa shape index (κ2) is 16.8. The third kappa shape index (κ3) is 8.47. The summed E-state index contributed by atoms with van der Waals surface area (Å²) in [4.78, 5) is 51.6. The Bertz CT molecular complexity index is 2160. The molecule has 1 unspecified atom stereocenters. The first kappa shape index (κ1) is 35.8. The van der Waals surface area contributed by atoms with Crippen LogP contribution in [0.25, 0.3) is 21.7 Å². The van der Waals surface area contributed by atoms with Crippen LogP contribution in [0.4, 0.5) is 5.69 Å². The number of rotatable bonds is 13. The number of benzene rings is 3. The maximum absolute atomic E-state index is 13.8. The molecule has 8 N–H and O–H groups in total. The third-order valence-corrected chi connectivity index (χ3v) is 9.29. The lowest BCUT2D eigenvalue weighted by atomic mass is 9.91. The first-order chi connectivity index (χ1) is 25.3. The molecule has 3 aromatic carbocycles. The van der Waals surface area contributed by atoms with Crippen molar-refractivity contribution in [2.24, 2.45) is 5.73 Å². The molecule has 1 aliphatic carbocycles. The van der Waals surface area contributed by atoms with Crippen LogP contribution in [-0.2, 0) is 29.1 Å². The second-order valence-corrected chi connectivity index (χ2v) is 12.9. The zero-order valence-corrected chi connectivity index (χ0v) is 29.1. The molecule has 0 bridgehead atoms. The molecule has 52 heavy (non-hydrogen) atoms. The van der Waals surface area contributed by atoms with Gasteiger partial charge in [0.2, 0.25) is 5.91 Å². The summed E-state index contributed by atoms with van der Waals surface area (Å²) in [6, 6.07) is 20.7. The van der Waals surface area contributed by atoms with E-state index in [9.17, 15) is 14.4 Å². The van der Waals surface area contributed by atoms with E-state index in [0.717, 1.165) is 76.5 Å². The molecule has 2 atom stereocenters. The summed E-state index contributed by atoms with van der Waals surface area (Å²) in [7, 11) is 0. The molecule has 7 rings (SSSR count). The predicted molar refractivity (Wildman–Crippen MR) is 201 cm³/mol. The zero-order valence-electron chi connectivity index (χ0n) is 29.1. The minimum absolute atomic E-state index is 0.0954. The lowest BCUT2D eigenvalue weighted by Gasteiger charge is -2.26. The Morgan fingerprint density at radius 2 is 1.81 bits per heavy atom. The van der Waals surface area contributed by atoms with E-state index in [1.165, 1.54) is 5.56 Å². The number of amides is 2. The van der Waals surface area contributed by atoms with Gasteiger partial charge in [-0.1, -0.05) is 49.7 Å². The number of nitrogens with one attached hydrogen (secondary N) is 5. The highest BCUT2D eigenvalue weighted by atomic mass is 16.4. The van der Waals surface area contributed by atoms with Gasteiger partial charge >= 0.3 is 5.97 Å². The van der Waals surface area contributed by atoms with Crippen LogP contribution < -0.4 is 21.7 Å². The Morgan fingerprint density at radius 3 is 2.56 bits per heavy atom. The predicted octanol–water partition coefficient (Wildman–Crippen LogP) is 6.44. The van der Waals surface area contributed by atoms with E-state index >= 15 is 0 Å². The highest BCUT2D eigenvalue weighted by Crippen LogP contribution is 2.33. The van der Waals surface area contributed by atoms with Crippen molar-refractivity contribution in [3.05, 3.63) is 125 Å². The molecule has 0 aliphatic heterocycles. The molecule has 0 radical (unpaired) electrons. The lowest BCUT2D eigenvalue weighted by Crippen LogP contribution is -2.37. The van der Waals surface area contributed by atoms with Crippen LogP contribution in [0.5, 0.6) is 0 Å². The Labute approximate surface area is 301 Å². The van der Waals surface area contributed by atoms with Crippen molar-refractivity contribution in [1.82, 2.24) is 30.6 Å². The standard InChI is InChI=1S/C35H34N8O2.C5H10O2/c36-34(44)33(28-19-41-29-13-11-23(17-27(28)29)42-30-9-3-5-21-6-4-14-40-32(21)30)43-35(45)26-12-10-22(24-7-1-2-8-25(24)26)18-37-20-31-38-15-16-39-31;1-2-3-4-5(6)7/h1-2,4,6-8,10-17,19,30,33,37,41-42H,3,5,9,18,20H2,(H2,36,44)(H,38,39)(H,43,45);2-4H2,1H3,(H,6,7)/t30?,33-;/m0./s1. The van der Waals surface area contributed by atoms with Gasteiger partial charge in [0.15, 0.2) is 0 Å². The van der Waals surface area contributed by atoms with Gasteiger partial charge in [-0.05, 0) is 77.9 Å². The number of carbonyl (C=O) groups is 3. The van der Waals surface area contributed by atoms with E-state index in [-0.39, 0.29) is 11.9 Å². The van der Waals surface area contributed by atoms with E-state index in [1.807, 2.05) is 67.7 Å². The number of hydrogen-bond acceptors (Lipinski definition) is 7. The fourth-order valence-corrected chi connectivity index (χ4v) is 6.68. The normalized spacial score (nSPS) is 14.2. The number of primary amides is 1. The number of anilines is 1. The number of pyridine rings is 1. The molecule has 0 spiro atoms. The molecule has 3 aromatic heterocycles. The molecule has 3 heterocycles. The number of carbonyl (C=O) groups excluding carboxylic acids is 2. The lowest BCUT2D eigenvalue weighted by molar-refractivity contribution is -0.137. The smallest absolute Gasteiger partial charge is 0.303 e. The maximum atomic E-state index is 13.8. The van der Waals surface area contributed by atoms with Crippen LogP contribution in [0.2, 0.25) is 0 Å². The minimum Gasteiger partial charge on any atom is -0.481 e. The topological polar surface area (TPSA) is 191 Å². The summed E-state index contributed by atoms with van der Waals surface area (Å²) < 4.78 is 0. The molecule has 268 valence electrons. The molecule has 0 saturated heterocycles. The second-order valence-electron chi connectivity index (χ2n) is 12.9. The number of imidazole rings is 1. The molecule has 0 fully saturated rings. The van der Waals surface area contributed by atoms with Gasteiger partial charge in [0.25, 0.3) is 5.91 Å². The number of carboxylic acid groups (broad SMARTS) is 1. The molecule has 1 aliphatic rings. The number of carboxylic acids is 1. The van der Waals surface area contributed by atoms with Crippen molar-refractivity contribution in [3.8, 4) is 0 Å². The molecule has 6 aromatic rings. The number of hydrogen-bond donors (Lipinski definition) is 7. The first-order valence-corrected chi connectivity index (χ1v) is 17.6. The highest BCUT2D eigenvalue weighted by Gasteiger charge is 2.26. The quantitative estimate of drug-likeness (QED) is 0.0716. The summed E-state index contributed by atoms with van der Waals surface area (Å²) >= 11 is 0. The summed E-state index contributed by atoms with van der Waals surface area (Å²) in [5.74, 6) is -0.860. The minimum atomic E-state index is -1.04. The SMILES string of the molecule is CCCCC(=O)O.NC(=O)[C@@H](NC(=O)c1ccc(CNCc2ncc[nH]2)c2ccccc12)c1c[nH]c2ccc(NC3CCCc4cccnc43)cc12. The van der Waals surface area contributed by atoms with Gasteiger partial charge in [-0.25, -0.2) is 4.98 Å². The van der Waals surface area contributed by atoms with Gasteiger partial charge in [-0.2, -0.15) is 0 Å². The molecule has 12 heteroatoms. The van der Waals surface area contributed by atoms with Crippen molar-refractivity contribution in [1.29, 1.82) is 0 Å². The number of aromatic nitrogens is 4. The van der Waals surface area contributed by atoms with Crippen LogP contribution in [-0.4, -0.2) is 42.8 Å². The fraction of sp³-hybridized carbons (Fsp3) is 0.275. The van der Waals surface area contributed by atoms with Crippen LogP contribution in [0.15, 0.2) is 91.5 Å². The largest absolute Gasteiger partial charge is 0.481 e. The van der Waals surface area contributed by atoms with E-state index in [1.54, 1.807) is 24.7 Å². The van der Waals surface area contributed by atoms with Gasteiger partial charge in [0, 0.05) is 65.5 Å². The van der Waals surface area contributed by atoms with E-state index in [0.29, 0.717) is 30.6 Å². The van der Waals surface area contributed by atoms with Gasteiger partial charge < -0.3 is 36.8 Å². The summed E-state index contributed by atoms with van der Waals surface area (Å²) in [5, 5.41) is 20.6. The van der Waals surface area contributed by atoms with Gasteiger partial charge in [-0.3, -0.25) is 19.4 Å². The molecule has 12 nitrogen and oxygen atoms in total. The Balaban J connectivity index is 0.000000604. The number of aromatic amines is 2. The first-order valence-electron chi connectivity index (χ1n) is 17.6. The third-order valence-electron chi connectivity index (χ3n) is 9.29. The summed E-state index contributed by atoms with van der Waals surface area (Å²) in [5.41, 5.74) is 12.1. The number of H-pyrrole nitrogens is 2.